The van der Waals surface area contributed by atoms with Gasteiger partial charge < -0.3 is 9.84 Å². The van der Waals surface area contributed by atoms with Crippen molar-refractivity contribution in [3.63, 3.8) is 0 Å². The largest absolute Gasteiger partial charge is 0.478 e. The second-order valence-corrected chi connectivity index (χ2v) is 4.67. The van der Waals surface area contributed by atoms with E-state index < -0.39 is 12.1 Å². The van der Waals surface area contributed by atoms with Crippen LogP contribution in [-0.2, 0) is 11.2 Å². The minimum atomic E-state index is -1.01. The van der Waals surface area contributed by atoms with E-state index in [1.165, 1.54) is 6.07 Å². The average molecular weight is 269 g/mol. The van der Waals surface area contributed by atoms with E-state index in [0.717, 1.165) is 12.0 Å². The summed E-state index contributed by atoms with van der Waals surface area (Å²) in [7, 11) is 0. The lowest BCUT2D eigenvalue weighted by Crippen LogP contribution is -2.24. The molecule has 2 rings (SSSR count). The van der Waals surface area contributed by atoms with Gasteiger partial charge in [0.1, 0.15) is 5.75 Å². The normalized spacial score (nSPS) is 17.1. The maximum Gasteiger partial charge on any atom is 0.345 e. The van der Waals surface area contributed by atoms with Gasteiger partial charge in [-0.3, -0.25) is 4.79 Å². The van der Waals surface area contributed by atoms with E-state index in [2.05, 4.69) is 0 Å². The van der Waals surface area contributed by atoms with Crippen LogP contribution in [0.1, 0.15) is 35.7 Å². The second-order valence-electron chi connectivity index (χ2n) is 4.26. The Kier molecular flexibility index (Phi) is 3.57. The Balaban J connectivity index is 2.31. The number of aliphatic carboxylic acids is 1. The molecule has 18 heavy (non-hydrogen) atoms. The number of ketones is 1. The summed E-state index contributed by atoms with van der Waals surface area (Å²) in [6, 6.07) is 3.18. The SMILES string of the molecule is CCCC(=O)c1cc2c(cc1Cl)OC(C(=O)O)C2. The van der Waals surface area contributed by atoms with Crippen LogP contribution in [0.4, 0.5) is 0 Å². The van der Waals surface area contributed by atoms with Gasteiger partial charge in [0.2, 0.25) is 0 Å². The lowest BCUT2D eigenvalue weighted by molar-refractivity contribution is -0.144. The van der Waals surface area contributed by atoms with Crippen molar-refractivity contribution >= 4 is 23.4 Å². The number of rotatable bonds is 4. The smallest absolute Gasteiger partial charge is 0.345 e. The van der Waals surface area contributed by atoms with Crippen molar-refractivity contribution in [1.82, 2.24) is 0 Å². The topological polar surface area (TPSA) is 63.6 Å². The van der Waals surface area contributed by atoms with Crippen LogP contribution in [0.15, 0.2) is 12.1 Å². The van der Waals surface area contributed by atoms with E-state index in [1.807, 2.05) is 6.92 Å². The molecular formula is C13H13ClO4. The number of carbonyl (C=O) groups is 2. The number of ether oxygens (including phenoxy) is 1. The van der Waals surface area contributed by atoms with Crippen molar-refractivity contribution in [2.45, 2.75) is 32.3 Å². The Morgan fingerprint density at radius 2 is 2.22 bits per heavy atom. The van der Waals surface area contributed by atoms with Crippen LogP contribution in [-0.4, -0.2) is 23.0 Å². The number of carbonyl (C=O) groups excluding carboxylic acids is 1. The summed E-state index contributed by atoms with van der Waals surface area (Å²) < 4.78 is 5.25. The minimum absolute atomic E-state index is 0.0240. The van der Waals surface area contributed by atoms with E-state index in [1.54, 1.807) is 6.07 Å². The zero-order chi connectivity index (χ0) is 13.3. The number of benzene rings is 1. The van der Waals surface area contributed by atoms with Gasteiger partial charge in [-0.05, 0) is 24.1 Å². The summed E-state index contributed by atoms with van der Waals surface area (Å²) in [5.41, 5.74) is 1.18. The van der Waals surface area contributed by atoms with Gasteiger partial charge in [0.25, 0.3) is 0 Å². The Hall–Kier alpha value is -1.55. The summed E-state index contributed by atoms with van der Waals surface area (Å²) in [5, 5.41) is 9.21. The fraction of sp³-hybridized carbons (Fsp3) is 0.385. The van der Waals surface area contributed by atoms with Crippen LogP contribution in [0.25, 0.3) is 0 Å². The standard InChI is InChI=1S/C13H13ClO4/c1-2-3-10(15)8-4-7-5-12(13(16)17)18-11(7)6-9(8)14/h4,6,12H,2-3,5H2,1H3,(H,16,17). The van der Waals surface area contributed by atoms with Crippen molar-refractivity contribution in [2.75, 3.05) is 0 Å². The molecule has 1 aliphatic rings. The predicted molar refractivity (Wildman–Crippen MR) is 66.4 cm³/mol. The average Bonchev–Trinajstić information content (AvgIpc) is 2.71. The summed E-state index contributed by atoms with van der Waals surface area (Å²) in [6.45, 7) is 1.92. The van der Waals surface area contributed by atoms with Crippen LogP contribution in [0.2, 0.25) is 5.02 Å². The van der Waals surface area contributed by atoms with Crippen molar-refractivity contribution in [3.8, 4) is 5.75 Å². The number of halogens is 1. The molecule has 1 aromatic carbocycles. The van der Waals surface area contributed by atoms with E-state index >= 15 is 0 Å². The highest BCUT2D eigenvalue weighted by Crippen LogP contribution is 2.34. The molecule has 0 radical (unpaired) electrons. The van der Waals surface area contributed by atoms with Gasteiger partial charge >= 0.3 is 5.97 Å². The first-order valence-corrected chi connectivity index (χ1v) is 6.15. The van der Waals surface area contributed by atoms with E-state index in [0.29, 0.717) is 22.8 Å². The van der Waals surface area contributed by atoms with Crippen LogP contribution >= 0.6 is 11.6 Å². The molecule has 0 amide bonds. The molecule has 0 aliphatic carbocycles. The van der Waals surface area contributed by atoms with Crippen molar-refractivity contribution in [1.29, 1.82) is 0 Å². The third-order valence-corrected chi connectivity index (χ3v) is 3.19. The monoisotopic (exact) mass is 268 g/mol. The molecule has 5 heteroatoms. The molecule has 4 nitrogen and oxygen atoms in total. The Bertz CT molecular complexity index is 510. The van der Waals surface area contributed by atoms with Crippen molar-refractivity contribution < 1.29 is 19.4 Å². The zero-order valence-corrected chi connectivity index (χ0v) is 10.7. The maximum absolute atomic E-state index is 11.8. The molecule has 0 saturated carbocycles. The van der Waals surface area contributed by atoms with Crippen molar-refractivity contribution in [2.24, 2.45) is 0 Å². The van der Waals surface area contributed by atoms with Gasteiger partial charge in [0.05, 0.1) is 5.02 Å². The number of Topliss-reactive ketones (excluding diaryl/α,β-unsaturated/α-hetero) is 1. The Labute approximate surface area is 110 Å². The molecule has 1 N–H and O–H groups in total. The van der Waals surface area contributed by atoms with Crippen LogP contribution in [0.5, 0.6) is 5.75 Å². The van der Waals surface area contributed by atoms with Gasteiger partial charge in [-0.1, -0.05) is 18.5 Å². The minimum Gasteiger partial charge on any atom is -0.478 e. The summed E-state index contributed by atoms with van der Waals surface area (Å²) in [4.78, 5) is 22.7. The zero-order valence-electron chi connectivity index (χ0n) is 9.90. The number of hydrogen-bond acceptors (Lipinski definition) is 3. The number of hydrogen-bond donors (Lipinski definition) is 1. The third kappa shape index (κ3) is 2.34. The molecule has 96 valence electrons. The summed E-state index contributed by atoms with van der Waals surface area (Å²) in [5.74, 6) is -0.576. The van der Waals surface area contributed by atoms with Gasteiger partial charge in [-0.2, -0.15) is 0 Å². The van der Waals surface area contributed by atoms with Gasteiger partial charge in [0.15, 0.2) is 11.9 Å². The highest BCUT2D eigenvalue weighted by molar-refractivity contribution is 6.34. The fourth-order valence-corrected chi connectivity index (χ4v) is 2.24. The maximum atomic E-state index is 11.8. The number of carboxylic acids is 1. The molecule has 1 atom stereocenters. The summed E-state index contributed by atoms with van der Waals surface area (Å²) in [6.07, 6.45) is 0.573. The quantitative estimate of drug-likeness (QED) is 0.853. The van der Waals surface area contributed by atoms with E-state index in [4.69, 9.17) is 21.4 Å². The first-order chi connectivity index (χ1) is 8.52. The molecule has 1 aliphatic heterocycles. The first-order valence-electron chi connectivity index (χ1n) is 5.78. The lowest BCUT2D eigenvalue weighted by atomic mass is 10.0. The number of carboxylic acid groups (broad SMARTS) is 1. The molecule has 1 heterocycles. The molecule has 0 saturated heterocycles. The van der Waals surface area contributed by atoms with Crippen LogP contribution in [0.3, 0.4) is 0 Å². The molecule has 0 spiro atoms. The summed E-state index contributed by atoms with van der Waals surface area (Å²) >= 11 is 6.02. The molecular weight excluding hydrogens is 256 g/mol. The van der Waals surface area contributed by atoms with E-state index in [9.17, 15) is 9.59 Å². The van der Waals surface area contributed by atoms with Crippen LogP contribution in [0, 0.1) is 0 Å². The molecule has 1 aromatic rings. The molecule has 0 fully saturated rings. The Morgan fingerprint density at radius 1 is 1.50 bits per heavy atom. The molecule has 1 unspecified atom stereocenters. The van der Waals surface area contributed by atoms with Crippen LogP contribution < -0.4 is 4.74 Å². The fourth-order valence-electron chi connectivity index (χ4n) is 1.98. The Morgan fingerprint density at radius 3 is 2.83 bits per heavy atom. The number of fused-ring (bicyclic) bond motifs is 1. The highest BCUT2D eigenvalue weighted by Gasteiger charge is 2.30. The van der Waals surface area contributed by atoms with Gasteiger partial charge in [-0.15, -0.1) is 0 Å². The predicted octanol–water partition coefficient (Wildman–Crippen LogP) is 2.71. The van der Waals surface area contributed by atoms with E-state index in [-0.39, 0.29) is 12.2 Å². The van der Waals surface area contributed by atoms with Gasteiger partial charge in [0, 0.05) is 18.4 Å². The highest BCUT2D eigenvalue weighted by atomic mass is 35.5. The van der Waals surface area contributed by atoms with Gasteiger partial charge in [-0.25, -0.2) is 4.79 Å². The molecule has 0 aromatic heterocycles. The third-order valence-electron chi connectivity index (χ3n) is 2.88. The first kappa shape index (κ1) is 12.9. The second kappa shape index (κ2) is 4.98. The van der Waals surface area contributed by atoms with Crippen molar-refractivity contribution in [3.05, 3.63) is 28.3 Å². The molecule has 0 bridgehead atoms. The lowest BCUT2D eigenvalue weighted by Gasteiger charge is -2.06.